The van der Waals surface area contributed by atoms with Crippen LogP contribution in [0.25, 0.3) is 0 Å². The topological polar surface area (TPSA) is 113 Å². The van der Waals surface area contributed by atoms with E-state index in [4.69, 9.17) is 4.74 Å². The number of rotatable bonds is 5. The first kappa shape index (κ1) is 19.8. The molecule has 1 N–H and O–H groups in total. The number of esters is 1. The summed E-state index contributed by atoms with van der Waals surface area (Å²) in [6.45, 7) is -0.759. The van der Waals surface area contributed by atoms with Crippen LogP contribution in [0.15, 0.2) is 36.4 Å². The third kappa shape index (κ3) is 3.70. The Morgan fingerprint density at radius 1 is 1.03 bits per heavy atom. The number of carbonyl (C=O) groups excluding carboxylic acids is 5. The van der Waals surface area contributed by atoms with Gasteiger partial charge in [-0.05, 0) is 25.0 Å². The quantitative estimate of drug-likeness (QED) is 0.437. The Labute approximate surface area is 172 Å². The molecule has 0 radical (unpaired) electrons. The summed E-state index contributed by atoms with van der Waals surface area (Å²) in [5, 5.41) is 2.68. The van der Waals surface area contributed by atoms with Crippen molar-refractivity contribution in [3.63, 3.8) is 0 Å². The van der Waals surface area contributed by atoms with Crippen LogP contribution in [0.3, 0.4) is 0 Å². The van der Waals surface area contributed by atoms with Crippen molar-refractivity contribution in [3.05, 3.63) is 36.4 Å². The van der Waals surface area contributed by atoms with Crippen LogP contribution < -0.4 is 10.2 Å². The molecule has 0 bridgehead atoms. The Balaban J connectivity index is 1.29. The van der Waals surface area contributed by atoms with Crippen LogP contribution in [-0.4, -0.2) is 54.2 Å². The van der Waals surface area contributed by atoms with Gasteiger partial charge in [-0.3, -0.25) is 33.8 Å². The first-order chi connectivity index (χ1) is 14.5. The van der Waals surface area contributed by atoms with Gasteiger partial charge in [-0.1, -0.05) is 24.3 Å². The number of hydrogen-bond donors (Lipinski definition) is 1. The lowest BCUT2D eigenvalue weighted by Crippen LogP contribution is -2.44. The second-order valence-electron chi connectivity index (χ2n) is 7.44. The molecule has 9 nitrogen and oxygen atoms in total. The first-order valence-electron chi connectivity index (χ1n) is 9.81. The Morgan fingerprint density at radius 3 is 2.40 bits per heavy atom. The molecule has 2 atom stereocenters. The summed E-state index contributed by atoms with van der Waals surface area (Å²) in [5.41, 5.74) is 1.04. The zero-order valence-corrected chi connectivity index (χ0v) is 16.2. The molecule has 1 saturated heterocycles. The van der Waals surface area contributed by atoms with Crippen LogP contribution in [0.4, 0.5) is 11.4 Å². The number of benzene rings is 1. The van der Waals surface area contributed by atoms with Crippen LogP contribution in [0.2, 0.25) is 0 Å². The Bertz CT molecular complexity index is 930. The van der Waals surface area contributed by atoms with Crippen LogP contribution in [0.5, 0.6) is 0 Å². The predicted octanol–water partition coefficient (Wildman–Crippen LogP) is 0.856. The summed E-state index contributed by atoms with van der Waals surface area (Å²) in [5.74, 6) is -2.75. The minimum absolute atomic E-state index is 0.0629. The van der Waals surface area contributed by atoms with E-state index in [0.29, 0.717) is 24.2 Å². The maximum Gasteiger partial charge on any atom is 0.308 e. The molecule has 30 heavy (non-hydrogen) atoms. The van der Waals surface area contributed by atoms with Gasteiger partial charge in [0.2, 0.25) is 17.7 Å². The zero-order valence-electron chi connectivity index (χ0n) is 16.2. The second-order valence-corrected chi connectivity index (χ2v) is 7.44. The largest absolute Gasteiger partial charge is 0.455 e. The number of nitrogens with one attached hydrogen (secondary N) is 1. The highest BCUT2D eigenvalue weighted by Gasteiger charge is 2.47. The lowest BCUT2D eigenvalue weighted by Gasteiger charge is -2.28. The van der Waals surface area contributed by atoms with Crippen LogP contribution in [0.1, 0.15) is 19.3 Å². The van der Waals surface area contributed by atoms with Crippen molar-refractivity contribution >= 4 is 41.0 Å². The number of anilines is 2. The highest BCUT2D eigenvalue weighted by molar-refractivity contribution is 6.10. The molecule has 3 aliphatic rings. The summed E-state index contributed by atoms with van der Waals surface area (Å²) >= 11 is 0. The molecule has 0 aromatic heterocycles. The summed E-state index contributed by atoms with van der Waals surface area (Å²) in [7, 11) is 0. The fraction of sp³-hybridized carbons (Fsp3) is 0.381. The molecular formula is C21H21N3O6. The average molecular weight is 411 g/mol. The van der Waals surface area contributed by atoms with Crippen LogP contribution in [-0.2, 0) is 28.7 Å². The minimum Gasteiger partial charge on any atom is -0.455 e. The molecule has 4 rings (SSSR count). The fourth-order valence-electron chi connectivity index (χ4n) is 4.04. The SMILES string of the molecule is O=C1CN(C(=O)COC(=O)CCN2C(=O)[C@H]3CC=CC[C@H]3C2=O)c2ccccc2N1. The lowest BCUT2D eigenvalue weighted by molar-refractivity contribution is -0.149. The van der Waals surface area contributed by atoms with Crippen molar-refractivity contribution in [1.82, 2.24) is 4.90 Å². The number of ether oxygens (including phenoxy) is 1. The smallest absolute Gasteiger partial charge is 0.308 e. The van der Waals surface area contributed by atoms with Crippen LogP contribution in [0, 0.1) is 11.8 Å². The van der Waals surface area contributed by atoms with E-state index in [1.54, 1.807) is 24.3 Å². The van der Waals surface area contributed by atoms with E-state index in [1.807, 2.05) is 12.2 Å². The summed E-state index contributed by atoms with van der Waals surface area (Å²) in [6.07, 6.45) is 4.68. The Hall–Kier alpha value is -3.49. The molecule has 1 aromatic rings. The monoisotopic (exact) mass is 411 g/mol. The molecule has 156 valence electrons. The molecule has 2 aliphatic heterocycles. The van der Waals surface area contributed by atoms with Gasteiger partial charge >= 0.3 is 5.97 Å². The van der Waals surface area contributed by atoms with Gasteiger partial charge in [0.1, 0.15) is 6.54 Å². The molecular weight excluding hydrogens is 390 g/mol. The maximum absolute atomic E-state index is 12.5. The van der Waals surface area contributed by atoms with Crippen molar-refractivity contribution in [2.24, 2.45) is 11.8 Å². The molecule has 0 spiro atoms. The number of carbonyl (C=O) groups is 5. The Morgan fingerprint density at radius 2 is 1.70 bits per heavy atom. The van der Waals surface area contributed by atoms with Gasteiger partial charge in [-0.15, -0.1) is 0 Å². The molecule has 0 saturated carbocycles. The van der Waals surface area contributed by atoms with Crippen LogP contribution >= 0.6 is 0 Å². The average Bonchev–Trinajstić information content (AvgIpc) is 3.00. The highest BCUT2D eigenvalue weighted by Crippen LogP contribution is 2.35. The second kappa shape index (κ2) is 8.10. The van der Waals surface area contributed by atoms with Crippen molar-refractivity contribution in [1.29, 1.82) is 0 Å². The molecule has 1 aromatic carbocycles. The van der Waals surface area contributed by atoms with E-state index in [2.05, 4.69) is 5.32 Å². The Kier molecular flexibility index (Phi) is 5.35. The predicted molar refractivity (Wildman–Crippen MR) is 105 cm³/mol. The van der Waals surface area contributed by atoms with Crippen molar-refractivity contribution in [3.8, 4) is 0 Å². The summed E-state index contributed by atoms with van der Waals surface area (Å²) in [4.78, 5) is 63.6. The van der Waals surface area contributed by atoms with E-state index in [-0.39, 0.29) is 49.1 Å². The lowest BCUT2D eigenvalue weighted by atomic mass is 9.85. The van der Waals surface area contributed by atoms with E-state index < -0.39 is 18.5 Å². The van der Waals surface area contributed by atoms with E-state index in [0.717, 1.165) is 4.90 Å². The van der Waals surface area contributed by atoms with Gasteiger partial charge in [0.05, 0.1) is 29.6 Å². The number of amides is 4. The third-order valence-corrected chi connectivity index (χ3v) is 5.57. The number of allylic oxidation sites excluding steroid dienone is 2. The number of nitrogens with zero attached hydrogens (tertiary/aromatic N) is 2. The number of fused-ring (bicyclic) bond motifs is 2. The fourth-order valence-corrected chi connectivity index (χ4v) is 4.04. The molecule has 1 fully saturated rings. The minimum atomic E-state index is -0.688. The van der Waals surface area contributed by atoms with E-state index in [9.17, 15) is 24.0 Å². The van der Waals surface area contributed by atoms with Gasteiger partial charge in [0.15, 0.2) is 6.61 Å². The zero-order chi connectivity index (χ0) is 21.3. The highest BCUT2D eigenvalue weighted by atomic mass is 16.5. The van der Waals surface area contributed by atoms with E-state index in [1.165, 1.54) is 4.90 Å². The van der Waals surface area contributed by atoms with Gasteiger partial charge in [0.25, 0.3) is 5.91 Å². The van der Waals surface area contributed by atoms with Gasteiger partial charge in [0, 0.05) is 6.54 Å². The standard InChI is InChI=1S/C21H21N3O6/c25-17-11-24(16-8-4-3-7-15(16)22-17)18(26)12-30-19(27)9-10-23-20(28)13-5-1-2-6-14(13)21(23)29/h1-4,7-8,13-14H,5-6,9-12H2,(H,22,25)/t13-,14+. The summed E-state index contributed by atoms with van der Waals surface area (Å²) in [6, 6.07) is 6.84. The van der Waals surface area contributed by atoms with Crippen molar-refractivity contribution < 1.29 is 28.7 Å². The van der Waals surface area contributed by atoms with Crippen molar-refractivity contribution in [2.75, 3.05) is 29.9 Å². The summed E-state index contributed by atoms with van der Waals surface area (Å²) < 4.78 is 5.03. The molecule has 9 heteroatoms. The van der Waals surface area contributed by atoms with Gasteiger partial charge in [-0.2, -0.15) is 0 Å². The van der Waals surface area contributed by atoms with Crippen molar-refractivity contribution in [2.45, 2.75) is 19.3 Å². The van der Waals surface area contributed by atoms with Gasteiger partial charge in [-0.25, -0.2) is 0 Å². The van der Waals surface area contributed by atoms with E-state index >= 15 is 0 Å². The molecule has 1 aliphatic carbocycles. The third-order valence-electron chi connectivity index (χ3n) is 5.57. The molecule has 2 heterocycles. The number of para-hydroxylation sites is 2. The molecule has 4 amide bonds. The molecule has 0 unspecified atom stereocenters. The number of hydrogen-bond acceptors (Lipinski definition) is 6. The number of likely N-dealkylation sites (tertiary alicyclic amines) is 1. The van der Waals surface area contributed by atoms with Gasteiger partial charge < -0.3 is 10.1 Å². The first-order valence-corrected chi connectivity index (χ1v) is 9.81. The maximum atomic E-state index is 12.5. The number of imide groups is 1. The normalized spacial score (nSPS) is 22.5.